The van der Waals surface area contributed by atoms with Crippen molar-refractivity contribution in [2.75, 3.05) is 0 Å². The minimum Gasteiger partial charge on any atom is -0.387 e. The van der Waals surface area contributed by atoms with Gasteiger partial charge in [-0.1, -0.05) is 44.9 Å². The fourth-order valence-corrected chi connectivity index (χ4v) is 1.98. The average Bonchev–Trinajstić information content (AvgIpc) is 2.89. The number of aliphatic hydroxyl groups excluding tert-OH is 1. The van der Waals surface area contributed by atoms with E-state index in [4.69, 9.17) is 0 Å². The fraction of sp³-hybridized carbons (Fsp3) is 0.467. The lowest BCUT2D eigenvalue weighted by Crippen LogP contribution is -2.02. The summed E-state index contributed by atoms with van der Waals surface area (Å²) in [5.74, 6) is 0.673. The Balaban J connectivity index is 1.97. The van der Waals surface area contributed by atoms with E-state index in [1.54, 1.807) is 11.0 Å². The SMILES string of the molecule is CC(C)CCCC(O)c1cnn(-c2ccccc2)n1. The van der Waals surface area contributed by atoms with Crippen LogP contribution in [0, 0.1) is 5.92 Å². The molecular weight excluding hydrogens is 238 g/mol. The summed E-state index contributed by atoms with van der Waals surface area (Å²) >= 11 is 0. The highest BCUT2D eigenvalue weighted by molar-refractivity contribution is 5.28. The molecule has 1 aromatic carbocycles. The van der Waals surface area contributed by atoms with Gasteiger partial charge in [-0.25, -0.2) is 0 Å². The molecule has 4 nitrogen and oxygen atoms in total. The Bertz CT molecular complexity index is 493. The van der Waals surface area contributed by atoms with Gasteiger partial charge in [0.1, 0.15) is 5.69 Å². The minimum absolute atomic E-state index is 0.517. The molecule has 1 N–H and O–H groups in total. The standard InChI is InChI=1S/C15H21N3O/c1-12(2)7-6-10-15(19)14-11-16-18(17-14)13-8-4-3-5-9-13/h3-5,8-9,11-12,15,19H,6-7,10H2,1-2H3. The zero-order valence-electron chi connectivity index (χ0n) is 11.5. The second-order valence-corrected chi connectivity index (χ2v) is 5.23. The first kappa shape index (κ1) is 13.7. The summed E-state index contributed by atoms with van der Waals surface area (Å²) in [5.41, 5.74) is 1.55. The van der Waals surface area contributed by atoms with Gasteiger partial charge < -0.3 is 5.11 Å². The lowest BCUT2D eigenvalue weighted by molar-refractivity contribution is 0.157. The Labute approximate surface area is 114 Å². The molecule has 2 aromatic rings. The molecule has 0 saturated carbocycles. The number of hydrogen-bond acceptors (Lipinski definition) is 3. The van der Waals surface area contributed by atoms with Gasteiger partial charge >= 0.3 is 0 Å². The third-order valence-corrected chi connectivity index (χ3v) is 3.10. The van der Waals surface area contributed by atoms with Gasteiger partial charge in [-0.3, -0.25) is 0 Å². The molecule has 0 aliphatic carbocycles. The Morgan fingerprint density at radius 1 is 1.16 bits per heavy atom. The number of nitrogens with zero attached hydrogens (tertiary/aromatic N) is 3. The zero-order chi connectivity index (χ0) is 13.7. The monoisotopic (exact) mass is 259 g/mol. The fourth-order valence-electron chi connectivity index (χ4n) is 1.98. The largest absolute Gasteiger partial charge is 0.387 e. The van der Waals surface area contributed by atoms with Crippen LogP contribution in [-0.4, -0.2) is 20.1 Å². The topological polar surface area (TPSA) is 50.9 Å². The van der Waals surface area contributed by atoms with Crippen LogP contribution in [0.5, 0.6) is 0 Å². The van der Waals surface area contributed by atoms with Crippen molar-refractivity contribution in [1.82, 2.24) is 15.0 Å². The molecule has 0 radical (unpaired) electrons. The van der Waals surface area contributed by atoms with E-state index in [2.05, 4.69) is 24.0 Å². The Hall–Kier alpha value is -1.68. The predicted octanol–water partition coefficient (Wildman–Crippen LogP) is 3.13. The highest BCUT2D eigenvalue weighted by atomic mass is 16.3. The molecule has 0 saturated heterocycles. The molecule has 0 aliphatic heterocycles. The zero-order valence-corrected chi connectivity index (χ0v) is 11.5. The van der Waals surface area contributed by atoms with E-state index in [9.17, 15) is 5.11 Å². The first-order valence-electron chi connectivity index (χ1n) is 6.82. The van der Waals surface area contributed by atoms with E-state index in [1.165, 1.54) is 0 Å². The summed E-state index contributed by atoms with van der Waals surface area (Å²) in [4.78, 5) is 1.56. The molecule has 102 valence electrons. The predicted molar refractivity (Wildman–Crippen MR) is 75.0 cm³/mol. The van der Waals surface area contributed by atoms with Crippen molar-refractivity contribution < 1.29 is 5.11 Å². The number of rotatable bonds is 6. The van der Waals surface area contributed by atoms with Crippen LogP contribution in [0.25, 0.3) is 5.69 Å². The van der Waals surface area contributed by atoms with Gasteiger partial charge in [0.2, 0.25) is 0 Å². The normalized spacial score (nSPS) is 12.8. The van der Waals surface area contributed by atoms with Crippen LogP contribution < -0.4 is 0 Å². The third-order valence-electron chi connectivity index (χ3n) is 3.10. The van der Waals surface area contributed by atoms with Gasteiger partial charge in [0.15, 0.2) is 0 Å². The highest BCUT2D eigenvalue weighted by Gasteiger charge is 2.12. The van der Waals surface area contributed by atoms with E-state index < -0.39 is 6.10 Å². The van der Waals surface area contributed by atoms with Gasteiger partial charge in [0, 0.05) is 0 Å². The van der Waals surface area contributed by atoms with Gasteiger partial charge in [-0.15, -0.1) is 0 Å². The van der Waals surface area contributed by atoms with E-state index in [0.29, 0.717) is 11.6 Å². The van der Waals surface area contributed by atoms with Crippen molar-refractivity contribution in [2.45, 2.75) is 39.2 Å². The van der Waals surface area contributed by atoms with Gasteiger partial charge in [-0.2, -0.15) is 15.0 Å². The summed E-state index contributed by atoms with van der Waals surface area (Å²) in [6.45, 7) is 4.39. The van der Waals surface area contributed by atoms with Crippen molar-refractivity contribution in [3.05, 3.63) is 42.2 Å². The Morgan fingerprint density at radius 3 is 2.58 bits per heavy atom. The molecule has 1 heterocycles. The molecule has 0 amide bonds. The van der Waals surface area contributed by atoms with Crippen LogP contribution in [0.3, 0.4) is 0 Å². The Morgan fingerprint density at radius 2 is 1.89 bits per heavy atom. The molecule has 1 unspecified atom stereocenters. The summed E-state index contributed by atoms with van der Waals surface area (Å²) in [6.07, 6.45) is 4.01. The summed E-state index contributed by atoms with van der Waals surface area (Å²) < 4.78 is 0. The van der Waals surface area contributed by atoms with Crippen molar-refractivity contribution in [1.29, 1.82) is 0 Å². The van der Waals surface area contributed by atoms with Gasteiger partial charge in [0.25, 0.3) is 0 Å². The Kier molecular flexibility index (Phi) is 4.68. The van der Waals surface area contributed by atoms with Crippen LogP contribution in [0.15, 0.2) is 36.5 Å². The maximum Gasteiger partial charge on any atom is 0.112 e. The molecule has 1 aromatic heterocycles. The minimum atomic E-state index is -0.517. The molecule has 0 bridgehead atoms. The quantitative estimate of drug-likeness (QED) is 0.867. The van der Waals surface area contributed by atoms with Crippen molar-refractivity contribution >= 4 is 0 Å². The third kappa shape index (κ3) is 3.89. The second-order valence-electron chi connectivity index (χ2n) is 5.23. The van der Waals surface area contributed by atoms with E-state index in [1.807, 2.05) is 30.3 Å². The smallest absolute Gasteiger partial charge is 0.112 e. The van der Waals surface area contributed by atoms with Crippen LogP contribution in [0.2, 0.25) is 0 Å². The molecule has 0 aliphatic rings. The number of aromatic nitrogens is 3. The number of aliphatic hydroxyl groups is 1. The van der Waals surface area contributed by atoms with Gasteiger partial charge in [0.05, 0.1) is 18.0 Å². The van der Waals surface area contributed by atoms with Gasteiger partial charge in [-0.05, 0) is 24.5 Å². The average molecular weight is 259 g/mol. The van der Waals surface area contributed by atoms with E-state index in [0.717, 1.165) is 24.9 Å². The lowest BCUT2D eigenvalue weighted by Gasteiger charge is -2.08. The number of hydrogen-bond donors (Lipinski definition) is 1. The van der Waals surface area contributed by atoms with Crippen LogP contribution in [-0.2, 0) is 0 Å². The van der Waals surface area contributed by atoms with E-state index >= 15 is 0 Å². The lowest BCUT2D eigenvalue weighted by atomic mass is 10.0. The summed E-state index contributed by atoms with van der Waals surface area (Å²) in [6, 6.07) is 9.72. The first-order chi connectivity index (χ1) is 9.16. The first-order valence-corrected chi connectivity index (χ1v) is 6.82. The summed E-state index contributed by atoms with van der Waals surface area (Å²) in [7, 11) is 0. The van der Waals surface area contributed by atoms with Crippen LogP contribution in [0.4, 0.5) is 0 Å². The highest BCUT2D eigenvalue weighted by Crippen LogP contribution is 2.19. The van der Waals surface area contributed by atoms with Crippen molar-refractivity contribution in [2.24, 2.45) is 5.92 Å². The molecular formula is C15H21N3O. The van der Waals surface area contributed by atoms with E-state index in [-0.39, 0.29) is 0 Å². The molecule has 2 rings (SSSR count). The molecule has 0 fully saturated rings. The second kappa shape index (κ2) is 6.48. The van der Waals surface area contributed by atoms with Crippen LogP contribution >= 0.6 is 0 Å². The van der Waals surface area contributed by atoms with Crippen molar-refractivity contribution in [3.8, 4) is 5.69 Å². The molecule has 19 heavy (non-hydrogen) atoms. The number of para-hydroxylation sites is 1. The van der Waals surface area contributed by atoms with Crippen LogP contribution in [0.1, 0.15) is 44.9 Å². The maximum absolute atomic E-state index is 10.1. The summed E-state index contributed by atoms with van der Waals surface area (Å²) in [5, 5.41) is 18.6. The number of benzene rings is 1. The molecule has 4 heteroatoms. The molecule has 1 atom stereocenters. The maximum atomic E-state index is 10.1. The molecule has 0 spiro atoms. The van der Waals surface area contributed by atoms with Crippen molar-refractivity contribution in [3.63, 3.8) is 0 Å².